The second-order valence-electron chi connectivity index (χ2n) is 5.67. The summed E-state index contributed by atoms with van der Waals surface area (Å²) in [6.07, 6.45) is 5.33. The molecule has 19 heavy (non-hydrogen) atoms. The number of nitrogens with zero attached hydrogens (tertiary/aromatic N) is 1. The first-order chi connectivity index (χ1) is 9.24. The molecule has 0 saturated heterocycles. The van der Waals surface area contributed by atoms with Crippen LogP contribution in [0.2, 0.25) is 0 Å². The highest BCUT2D eigenvalue weighted by atomic mass is 16.3. The number of hydrogen-bond donors (Lipinski definition) is 1. The minimum atomic E-state index is -0.0435. The Bertz CT molecular complexity index is 509. The van der Waals surface area contributed by atoms with E-state index in [1.165, 1.54) is 25.7 Å². The van der Waals surface area contributed by atoms with Crippen molar-refractivity contribution >= 4 is 11.0 Å². The average molecular weight is 258 g/mol. The fourth-order valence-electron chi connectivity index (χ4n) is 3.08. The van der Waals surface area contributed by atoms with Gasteiger partial charge < -0.3 is 15.1 Å². The van der Waals surface area contributed by atoms with Crippen LogP contribution in [0.5, 0.6) is 0 Å². The summed E-state index contributed by atoms with van der Waals surface area (Å²) in [5, 5.41) is 1.14. The molecule has 2 aromatic rings. The molecule has 0 spiro atoms. The van der Waals surface area contributed by atoms with Gasteiger partial charge in [0.15, 0.2) is 0 Å². The van der Waals surface area contributed by atoms with Gasteiger partial charge in [-0.3, -0.25) is 0 Å². The van der Waals surface area contributed by atoms with Crippen LogP contribution in [0.15, 0.2) is 34.7 Å². The van der Waals surface area contributed by atoms with Crippen molar-refractivity contribution in [3.63, 3.8) is 0 Å². The van der Waals surface area contributed by atoms with E-state index in [-0.39, 0.29) is 6.04 Å². The number of hydrogen-bond acceptors (Lipinski definition) is 3. The zero-order valence-electron chi connectivity index (χ0n) is 11.5. The van der Waals surface area contributed by atoms with Crippen molar-refractivity contribution in [1.82, 2.24) is 4.90 Å². The first-order valence-electron chi connectivity index (χ1n) is 7.18. The molecule has 1 atom stereocenters. The Labute approximate surface area is 114 Å². The van der Waals surface area contributed by atoms with Gasteiger partial charge in [-0.15, -0.1) is 0 Å². The fourth-order valence-corrected chi connectivity index (χ4v) is 3.08. The average Bonchev–Trinajstić information content (AvgIpc) is 3.07. The van der Waals surface area contributed by atoms with Gasteiger partial charge >= 0.3 is 0 Å². The van der Waals surface area contributed by atoms with E-state index in [9.17, 15) is 0 Å². The lowest BCUT2D eigenvalue weighted by molar-refractivity contribution is 0.224. The molecule has 0 aliphatic heterocycles. The molecule has 3 rings (SSSR count). The lowest BCUT2D eigenvalue weighted by Crippen LogP contribution is -2.35. The van der Waals surface area contributed by atoms with Crippen LogP contribution in [0.25, 0.3) is 11.0 Å². The summed E-state index contributed by atoms with van der Waals surface area (Å²) in [7, 11) is 2.18. The Hall–Kier alpha value is -1.32. The number of rotatable bonds is 4. The largest absolute Gasteiger partial charge is 0.459 e. The van der Waals surface area contributed by atoms with E-state index >= 15 is 0 Å². The third-order valence-electron chi connectivity index (χ3n) is 4.24. The van der Waals surface area contributed by atoms with Gasteiger partial charge in [0, 0.05) is 18.0 Å². The molecule has 0 radical (unpaired) electrons. The standard InChI is InChI=1S/C16H22N2O/c1-18(13-7-3-4-8-13)11-14(17)16-10-12-6-2-5-9-15(12)19-16/h2,5-6,9-10,13-14H,3-4,7-8,11,17H2,1H3. The smallest absolute Gasteiger partial charge is 0.134 e. The Morgan fingerprint density at radius 1 is 1.32 bits per heavy atom. The molecule has 1 unspecified atom stereocenters. The second kappa shape index (κ2) is 5.35. The van der Waals surface area contributed by atoms with Crippen LogP contribution in [0.3, 0.4) is 0 Å². The van der Waals surface area contributed by atoms with Gasteiger partial charge in [-0.1, -0.05) is 31.0 Å². The second-order valence-corrected chi connectivity index (χ2v) is 5.67. The van der Waals surface area contributed by atoms with E-state index in [4.69, 9.17) is 10.2 Å². The minimum Gasteiger partial charge on any atom is -0.459 e. The van der Waals surface area contributed by atoms with Crippen LogP contribution in [0.4, 0.5) is 0 Å². The van der Waals surface area contributed by atoms with Gasteiger partial charge in [0.25, 0.3) is 0 Å². The highest BCUT2D eigenvalue weighted by Gasteiger charge is 2.22. The SMILES string of the molecule is CN(CC(N)c1cc2ccccc2o1)C1CCCC1. The van der Waals surface area contributed by atoms with E-state index in [0.29, 0.717) is 6.04 Å². The first-order valence-corrected chi connectivity index (χ1v) is 7.18. The maximum absolute atomic E-state index is 6.29. The summed E-state index contributed by atoms with van der Waals surface area (Å²) in [4.78, 5) is 2.39. The highest BCUT2D eigenvalue weighted by molar-refractivity contribution is 5.77. The molecule has 3 nitrogen and oxygen atoms in total. The van der Waals surface area contributed by atoms with Gasteiger partial charge in [-0.05, 0) is 32.0 Å². The van der Waals surface area contributed by atoms with Gasteiger partial charge in [-0.25, -0.2) is 0 Å². The van der Waals surface area contributed by atoms with E-state index in [2.05, 4.69) is 24.1 Å². The van der Waals surface area contributed by atoms with Crippen molar-refractivity contribution in [3.8, 4) is 0 Å². The van der Waals surface area contributed by atoms with Crippen LogP contribution in [0, 0.1) is 0 Å². The van der Waals surface area contributed by atoms with Gasteiger partial charge in [0.2, 0.25) is 0 Å². The number of para-hydroxylation sites is 1. The summed E-state index contributed by atoms with van der Waals surface area (Å²) >= 11 is 0. The van der Waals surface area contributed by atoms with Crippen molar-refractivity contribution in [1.29, 1.82) is 0 Å². The Balaban J connectivity index is 1.70. The molecule has 1 saturated carbocycles. The summed E-state index contributed by atoms with van der Waals surface area (Å²) < 4.78 is 5.84. The van der Waals surface area contributed by atoms with Crippen LogP contribution < -0.4 is 5.73 Å². The van der Waals surface area contributed by atoms with E-state index < -0.39 is 0 Å². The lowest BCUT2D eigenvalue weighted by Gasteiger charge is -2.26. The summed E-state index contributed by atoms with van der Waals surface area (Å²) in [6, 6.07) is 10.8. The monoisotopic (exact) mass is 258 g/mol. The quantitative estimate of drug-likeness (QED) is 0.915. The number of fused-ring (bicyclic) bond motifs is 1. The first kappa shape index (κ1) is 12.7. The lowest BCUT2D eigenvalue weighted by atomic mass is 10.1. The molecule has 102 valence electrons. The molecular formula is C16H22N2O. The molecule has 2 N–H and O–H groups in total. The molecule has 0 bridgehead atoms. The Kier molecular flexibility index (Phi) is 3.58. The van der Waals surface area contributed by atoms with Gasteiger partial charge in [-0.2, -0.15) is 0 Å². The third kappa shape index (κ3) is 2.67. The van der Waals surface area contributed by atoms with Crippen LogP contribution in [0.1, 0.15) is 37.5 Å². The van der Waals surface area contributed by atoms with Crippen molar-refractivity contribution in [2.45, 2.75) is 37.8 Å². The molecule has 1 aromatic heterocycles. The Morgan fingerprint density at radius 3 is 2.79 bits per heavy atom. The zero-order valence-corrected chi connectivity index (χ0v) is 11.5. The number of nitrogens with two attached hydrogens (primary N) is 1. The highest BCUT2D eigenvalue weighted by Crippen LogP contribution is 2.26. The number of furan rings is 1. The predicted molar refractivity (Wildman–Crippen MR) is 78.0 cm³/mol. The molecule has 1 aliphatic carbocycles. The minimum absolute atomic E-state index is 0.0435. The zero-order chi connectivity index (χ0) is 13.2. The molecule has 1 fully saturated rings. The normalized spacial score (nSPS) is 18.5. The summed E-state index contributed by atoms with van der Waals surface area (Å²) in [5.41, 5.74) is 7.22. The maximum atomic E-state index is 6.29. The Morgan fingerprint density at radius 2 is 2.05 bits per heavy atom. The molecule has 0 amide bonds. The van der Waals surface area contributed by atoms with Crippen molar-refractivity contribution in [2.75, 3.05) is 13.6 Å². The van der Waals surface area contributed by atoms with Crippen molar-refractivity contribution < 1.29 is 4.42 Å². The topological polar surface area (TPSA) is 42.4 Å². The van der Waals surface area contributed by atoms with E-state index in [1.54, 1.807) is 0 Å². The number of likely N-dealkylation sites (N-methyl/N-ethyl adjacent to an activating group) is 1. The molecule has 1 aromatic carbocycles. The summed E-state index contributed by atoms with van der Waals surface area (Å²) in [6.45, 7) is 0.866. The molecular weight excluding hydrogens is 236 g/mol. The van der Waals surface area contributed by atoms with E-state index in [0.717, 1.165) is 23.3 Å². The maximum Gasteiger partial charge on any atom is 0.134 e. The van der Waals surface area contributed by atoms with Gasteiger partial charge in [0.1, 0.15) is 11.3 Å². The fraction of sp³-hybridized carbons (Fsp3) is 0.500. The van der Waals surface area contributed by atoms with Crippen molar-refractivity contribution in [2.24, 2.45) is 5.73 Å². The third-order valence-corrected chi connectivity index (χ3v) is 4.24. The molecule has 3 heteroatoms. The van der Waals surface area contributed by atoms with Crippen LogP contribution >= 0.6 is 0 Å². The van der Waals surface area contributed by atoms with E-state index in [1.807, 2.05) is 18.2 Å². The van der Waals surface area contributed by atoms with Crippen LogP contribution in [-0.2, 0) is 0 Å². The predicted octanol–water partition coefficient (Wildman–Crippen LogP) is 3.31. The van der Waals surface area contributed by atoms with Crippen molar-refractivity contribution in [3.05, 3.63) is 36.1 Å². The molecule has 1 heterocycles. The summed E-state index contributed by atoms with van der Waals surface area (Å²) in [5.74, 6) is 0.894. The van der Waals surface area contributed by atoms with Crippen LogP contribution in [-0.4, -0.2) is 24.5 Å². The molecule has 1 aliphatic rings. The number of benzene rings is 1. The van der Waals surface area contributed by atoms with Gasteiger partial charge in [0.05, 0.1) is 6.04 Å².